The number of benzene rings is 1. The number of para-hydroxylation sites is 1. The molecule has 0 aliphatic rings. The van der Waals surface area contributed by atoms with Crippen LogP contribution in [-0.4, -0.2) is 31.2 Å². The van der Waals surface area contributed by atoms with Crippen molar-refractivity contribution in [2.24, 2.45) is 10.9 Å². The Labute approximate surface area is 108 Å². The number of amidine groups is 1. The SMILES string of the molecule is COc1ccccc1CCNCCC/C(N)=N/O. The standard InChI is InChI=1S/C13H21N3O2/c1-18-12-6-3-2-5-11(12)8-10-15-9-4-7-13(14)16-17/h2-3,5-6,15,17H,4,7-10H2,1H3,(H2,14,16). The normalized spacial score (nSPS) is 11.5. The first kappa shape index (κ1) is 14.3. The number of rotatable bonds is 8. The van der Waals surface area contributed by atoms with Crippen molar-refractivity contribution >= 4 is 5.84 Å². The van der Waals surface area contributed by atoms with Crippen LogP contribution < -0.4 is 15.8 Å². The van der Waals surface area contributed by atoms with Crippen LogP contribution in [0.4, 0.5) is 0 Å². The molecule has 0 heterocycles. The van der Waals surface area contributed by atoms with E-state index in [0.717, 1.165) is 31.7 Å². The van der Waals surface area contributed by atoms with Crippen LogP contribution in [0, 0.1) is 0 Å². The number of ether oxygens (including phenoxy) is 1. The van der Waals surface area contributed by atoms with Gasteiger partial charge in [-0.2, -0.15) is 0 Å². The van der Waals surface area contributed by atoms with Gasteiger partial charge in [0.1, 0.15) is 11.6 Å². The lowest BCUT2D eigenvalue weighted by Crippen LogP contribution is -2.21. The van der Waals surface area contributed by atoms with E-state index in [1.807, 2.05) is 18.2 Å². The van der Waals surface area contributed by atoms with Crippen molar-refractivity contribution in [1.82, 2.24) is 5.32 Å². The average molecular weight is 251 g/mol. The molecule has 18 heavy (non-hydrogen) atoms. The molecule has 0 aromatic heterocycles. The third-order valence-corrected chi connectivity index (χ3v) is 2.68. The van der Waals surface area contributed by atoms with Crippen LogP contribution in [-0.2, 0) is 6.42 Å². The van der Waals surface area contributed by atoms with Gasteiger partial charge in [0.25, 0.3) is 0 Å². The van der Waals surface area contributed by atoms with Crippen molar-refractivity contribution < 1.29 is 9.94 Å². The van der Waals surface area contributed by atoms with Gasteiger partial charge in [0, 0.05) is 6.42 Å². The van der Waals surface area contributed by atoms with Crippen LogP contribution in [0.25, 0.3) is 0 Å². The average Bonchev–Trinajstić information content (AvgIpc) is 2.42. The predicted molar refractivity (Wildman–Crippen MR) is 72.2 cm³/mol. The van der Waals surface area contributed by atoms with Gasteiger partial charge in [-0.15, -0.1) is 0 Å². The first-order chi connectivity index (χ1) is 8.77. The Morgan fingerprint density at radius 3 is 2.89 bits per heavy atom. The van der Waals surface area contributed by atoms with E-state index >= 15 is 0 Å². The molecule has 0 saturated heterocycles. The Morgan fingerprint density at radius 1 is 1.39 bits per heavy atom. The zero-order valence-electron chi connectivity index (χ0n) is 10.7. The number of hydrogen-bond donors (Lipinski definition) is 3. The van der Waals surface area contributed by atoms with E-state index in [1.165, 1.54) is 5.56 Å². The van der Waals surface area contributed by atoms with Crippen molar-refractivity contribution in [3.8, 4) is 5.75 Å². The van der Waals surface area contributed by atoms with Crippen molar-refractivity contribution in [2.45, 2.75) is 19.3 Å². The molecule has 0 radical (unpaired) electrons. The van der Waals surface area contributed by atoms with Crippen LogP contribution in [0.1, 0.15) is 18.4 Å². The van der Waals surface area contributed by atoms with Gasteiger partial charge in [0.2, 0.25) is 0 Å². The fraction of sp³-hybridized carbons (Fsp3) is 0.462. The lowest BCUT2D eigenvalue weighted by atomic mass is 10.1. The first-order valence-electron chi connectivity index (χ1n) is 6.07. The number of nitrogens with two attached hydrogens (primary N) is 1. The fourth-order valence-corrected chi connectivity index (χ4v) is 1.70. The third-order valence-electron chi connectivity index (χ3n) is 2.68. The van der Waals surface area contributed by atoms with Gasteiger partial charge >= 0.3 is 0 Å². The number of oxime groups is 1. The van der Waals surface area contributed by atoms with E-state index in [0.29, 0.717) is 6.42 Å². The summed E-state index contributed by atoms with van der Waals surface area (Å²) < 4.78 is 5.28. The van der Waals surface area contributed by atoms with Crippen molar-refractivity contribution in [2.75, 3.05) is 20.2 Å². The van der Waals surface area contributed by atoms with Gasteiger partial charge in [-0.3, -0.25) is 0 Å². The molecule has 5 nitrogen and oxygen atoms in total. The van der Waals surface area contributed by atoms with Gasteiger partial charge in [0.15, 0.2) is 0 Å². The van der Waals surface area contributed by atoms with E-state index < -0.39 is 0 Å². The van der Waals surface area contributed by atoms with Crippen molar-refractivity contribution in [1.29, 1.82) is 0 Å². The number of nitrogens with one attached hydrogen (secondary N) is 1. The molecule has 1 rings (SSSR count). The quantitative estimate of drug-likeness (QED) is 0.214. The summed E-state index contributed by atoms with van der Waals surface area (Å²) in [6.45, 7) is 1.74. The Kier molecular flexibility index (Phi) is 6.64. The summed E-state index contributed by atoms with van der Waals surface area (Å²) in [6, 6.07) is 8.01. The topological polar surface area (TPSA) is 79.9 Å². The van der Waals surface area contributed by atoms with Crippen LogP contribution in [0.2, 0.25) is 0 Å². The minimum atomic E-state index is 0.279. The Balaban J connectivity index is 2.18. The molecule has 0 fully saturated rings. The maximum Gasteiger partial charge on any atom is 0.139 e. The molecule has 5 heteroatoms. The molecule has 0 aliphatic heterocycles. The molecule has 0 atom stereocenters. The molecule has 100 valence electrons. The van der Waals surface area contributed by atoms with Gasteiger partial charge in [-0.25, -0.2) is 0 Å². The lowest BCUT2D eigenvalue weighted by Gasteiger charge is -2.08. The third kappa shape index (κ3) is 5.05. The minimum Gasteiger partial charge on any atom is -0.496 e. The van der Waals surface area contributed by atoms with Gasteiger partial charge in [-0.1, -0.05) is 23.4 Å². The molecule has 0 spiro atoms. The van der Waals surface area contributed by atoms with E-state index in [4.69, 9.17) is 15.7 Å². The molecular formula is C13H21N3O2. The van der Waals surface area contributed by atoms with Crippen LogP contribution in [0.3, 0.4) is 0 Å². The molecule has 0 amide bonds. The van der Waals surface area contributed by atoms with Crippen LogP contribution in [0.15, 0.2) is 29.4 Å². The van der Waals surface area contributed by atoms with Gasteiger partial charge < -0.3 is 21.0 Å². The molecule has 1 aromatic carbocycles. The van der Waals surface area contributed by atoms with E-state index in [1.54, 1.807) is 7.11 Å². The molecule has 0 saturated carbocycles. The maximum absolute atomic E-state index is 8.37. The highest BCUT2D eigenvalue weighted by Gasteiger charge is 2.00. The molecule has 0 bridgehead atoms. The lowest BCUT2D eigenvalue weighted by molar-refractivity contribution is 0.316. The molecule has 0 unspecified atom stereocenters. The summed E-state index contributed by atoms with van der Waals surface area (Å²) in [5.74, 6) is 1.21. The summed E-state index contributed by atoms with van der Waals surface area (Å²) in [5.41, 5.74) is 6.57. The second-order valence-corrected chi connectivity index (χ2v) is 4.01. The number of nitrogens with zero attached hydrogens (tertiary/aromatic N) is 1. The summed E-state index contributed by atoms with van der Waals surface area (Å²) in [7, 11) is 1.68. The summed E-state index contributed by atoms with van der Waals surface area (Å²) in [4.78, 5) is 0. The smallest absolute Gasteiger partial charge is 0.139 e. The Morgan fingerprint density at radius 2 is 2.17 bits per heavy atom. The molecule has 4 N–H and O–H groups in total. The van der Waals surface area contributed by atoms with E-state index in [2.05, 4.69) is 16.5 Å². The maximum atomic E-state index is 8.37. The molecule has 1 aromatic rings. The van der Waals surface area contributed by atoms with E-state index in [-0.39, 0.29) is 5.84 Å². The van der Waals surface area contributed by atoms with E-state index in [9.17, 15) is 0 Å². The van der Waals surface area contributed by atoms with Crippen molar-refractivity contribution in [3.63, 3.8) is 0 Å². The Hall–Kier alpha value is -1.75. The zero-order valence-corrected chi connectivity index (χ0v) is 10.7. The first-order valence-corrected chi connectivity index (χ1v) is 6.07. The van der Waals surface area contributed by atoms with Crippen molar-refractivity contribution in [3.05, 3.63) is 29.8 Å². The van der Waals surface area contributed by atoms with Gasteiger partial charge in [-0.05, 0) is 37.6 Å². The summed E-state index contributed by atoms with van der Waals surface area (Å²) in [5, 5.41) is 14.6. The molecular weight excluding hydrogens is 230 g/mol. The monoisotopic (exact) mass is 251 g/mol. The predicted octanol–water partition coefficient (Wildman–Crippen LogP) is 1.35. The molecule has 0 aliphatic carbocycles. The van der Waals surface area contributed by atoms with Crippen LogP contribution in [0.5, 0.6) is 5.75 Å². The summed E-state index contributed by atoms with van der Waals surface area (Å²) >= 11 is 0. The second-order valence-electron chi connectivity index (χ2n) is 4.01. The second kappa shape index (κ2) is 8.36. The Bertz CT molecular complexity index is 380. The number of methoxy groups -OCH3 is 1. The van der Waals surface area contributed by atoms with Crippen LogP contribution >= 0.6 is 0 Å². The number of hydrogen-bond acceptors (Lipinski definition) is 4. The summed E-state index contributed by atoms with van der Waals surface area (Å²) in [6.07, 6.45) is 2.40. The highest BCUT2D eigenvalue weighted by atomic mass is 16.5. The highest BCUT2D eigenvalue weighted by Crippen LogP contribution is 2.17. The fourth-order valence-electron chi connectivity index (χ4n) is 1.70. The minimum absolute atomic E-state index is 0.279. The van der Waals surface area contributed by atoms with Gasteiger partial charge in [0.05, 0.1) is 7.11 Å². The largest absolute Gasteiger partial charge is 0.496 e. The highest BCUT2D eigenvalue weighted by molar-refractivity contribution is 5.79. The zero-order chi connectivity index (χ0) is 13.2.